The molecule has 78 valence electrons. The van der Waals surface area contributed by atoms with Crippen molar-refractivity contribution in [2.75, 3.05) is 18.9 Å². The molecule has 2 N–H and O–H groups in total. The van der Waals surface area contributed by atoms with Crippen molar-refractivity contribution in [3.63, 3.8) is 0 Å². The third-order valence-electron chi connectivity index (χ3n) is 1.62. The molecule has 0 amide bonds. The maximum Gasteiger partial charge on any atom is 0.197 e. The Bertz CT molecular complexity index is 315. The SMILES string of the molecule is CCOc1cc(N)cc(F)c1OCC. The fourth-order valence-corrected chi connectivity index (χ4v) is 1.14. The molecule has 0 fully saturated rings. The summed E-state index contributed by atoms with van der Waals surface area (Å²) in [5.41, 5.74) is 5.81. The summed E-state index contributed by atoms with van der Waals surface area (Å²) in [5, 5.41) is 0. The monoisotopic (exact) mass is 199 g/mol. The second-order valence-electron chi connectivity index (χ2n) is 2.70. The molecule has 0 aliphatic heterocycles. The third-order valence-corrected chi connectivity index (χ3v) is 1.62. The number of nitrogens with two attached hydrogens (primary N) is 1. The summed E-state index contributed by atoms with van der Waals surface area (Å²) >= 11 is 0. The quantitative estimate of drug-likeness (QED) is 0.756. The molecular formula is C10H14FNO2. The highest BCUT2D eigenvalue weighted by Gasteiger charge is 2.11. The Morgan fingerprint density at radius 2 is 1.86 bits per heavy atom. The van der Waals surface area contributed by atoms with E-state index in [1.54, 1.807) is 13.0 Å². The van der Waals surface area contributed by atoms with Crippen LogP contribution in [0.15, 0.2) is 12.1 Å². The predicted octanol–water partition coefficient (Wildman–Crippen LogP) is 2.21. The smallest absolute Gasteiger partial charge is 0.197 e. The second-order valence-corrected chi connectivity index (χ2v) is 2.70. The molecule has 1 aromatic rings. The number of anilines is 1. The van der Waals surface area contributed by atoms with E-state index in [9.17, 15) is 4.39 Å². The summed E-state index contributed by atoms with van der Waals surface area (Å²) < 4.78 is 23.7. The van der Waals surface area contributed by atoms with Crippen molar-refractivity contribution in [3.05, 3.63) is 17.9 Å². The second kappa shape index (κ2) is 4.69. The van der Waals surface area contributed by atoms with Gasteiger partial charge in [0.05, 0.1) is 13.2 Å². The summed E-state index contributed by atoms with van der Waals surface area (Å²) in [6.45, 7) is 4.44. The Morgan fingerprint density at radius 1 is 1.21 bits per heavy atom. The van der Waals surface area contributed by atoms with E-state index >= 15 is 0 Å². The summed E-state index contributed by atoms with van der Waals surface area (Å²) in [7, 11) is 0. The fraction of sp³-hybridized carbons (Fsp3) is 0.400. The van der Waals surface area contributed by atoms with Gasteiger partial charge in [0.1, 0.15) is 0 Å². The van der Waals surface area contributed by atoms with Gasteiger partial charge in [-0.1, -0.05) is 0 Å². The first-order valence-corrected chi connectivity index (χ1v) is 4.53. The lowest BCUT2D eigenvalue weighted by atomic mass is 10.2. The minimum absolute atomic E-state index is 0.128. The maximum absolute atomic E-state index is 13.3. The maximum atomic E-state index is 13.3. The Morgan fingerprint density at radius 3 is 2.43 bits per heavy atom. The van der Waals surface area contributed by atoms with E-state index in [4.69, 9.17) is 15.2 Å². The molecule has 0 aliphatic carbocycles. The number of halogens is 1. The van der Waals surface area contributed by atoms with Gasteiger partial charge in [-0.25, -0.2) is 4.39 Å². The zero-order chi connectivity index (χ0) is 10.6. The summed E-state index contributed by atoms with van der Waals surface area (Å²) in [4.78, 5) is 0. The lowest BCUT2D eigenvalue weighted by Gasteiger charge is -2.11. The molecule has 0 saturated heterocycles. The van der Waals surface area contributed by atoms with E-state index in [1.807, 2.05) is 6.92 Å². The number of hydrogen-bond donors (Lipinski definition) is 1. The van der Waals surface area contributed by atoms with E-state index in [-0.39, 0.29) is 5.75 Å². The molecule has 0 bridgehead atoms. The van der Waals surface area contributed by atoms with Gasteiger partial charge in [-0.15, -0.1) is 0 Å². The molecule has 0 aliphatic rings. The van der Waals surface area contributed by atoms with Gasteiger partial charge in [0.15, 0.2) is 17.3 Å². The minimum atomic E-state index is -0.490. The number of benzene rings is 1. The van der Waals surface area contributed by atoms with Crippen molar-refractivity contribution in [1.82, 2.24) is 0 Å². The van der Waals surface area contributed by atoms with Crippen LogP contribution in [0.3, 0.4) is 0 Å². The zero-order valence-corrected chi connectivity index (χ0v) is 8.34. The molecule has 14 heavy (non-hydrogen) atoms. The predicted molar refractivity (Wildman–Crippen MR) is 53.2 cm³/mol. The highest BCUT2D eigenvalue weighted by molar-refractivity contribution is 5.53. The van der Waals surface area contributed by atoms with Crippen LogP contribution in [0.4, 0.5) is 10.1 Å². The highest BCUT2D eigenvalue weighted by atomic mass is 19.1. The van der Waals surface area contributed by atoms with Crippen LogP contribution in [0.2, 0.25) is 0 Å². The molecule has 0 heterocycles. The van der Waals surface area contributed by atoms with Crippen LogP contribution in [0.5, 0.6) is 11.5 Å². The van der Waals surface area contributed by atoms with Crippen LogP contribution >= 0.6 is 0 Å². The first-order valence-electron chi connectivity index (χ1n) is 4.53. The molecule has 0 unspecified atom stereocenters. The number of hydrogen-bond acceptors (Lipinski definition) is 3. The first-order chi connectivity index (χ1) is 6.69. The minimum Gasteiger partial charge on any atom is -0.490 e. The fourth-order valence-electron chi connectivity index (χ4n) is 1.14. The Hall–Kier alpha value is -1.45. The molecule has 1 aromatic carbocycles. The van der Waals surface area contributed by atoms with Gasteiger partial charge in [-0.05, 0) is 13.8 Å². The summed E-state index contributed by atoms with van der Waals surface area (Å²) in [6, 6.07) is 2.77. The van der Waals surface area contributed by atoms with Gasteiger partial charge < -0.3 is 15.2 Å². The molecule has 3 nitrogen and oxygen atoms in total. The van der Waals surface area contributed by atoms with E-state index < -0.39 is 5.82 Å². The summed E-state index contributed by atoms with van der Waals surface area (Å²) in [6.07, 6.45) is 0. The van der Waals surface area contributed by atoms with Crippen molar-refractivity contribution in [1.29, 1.82) is 0 Å². The van der Waals surface area contributed by atoms with Crippen LogP contribution in [-0.2, 0) is 0 Å². The standard InChI is InChI=1S/C10H14FNO2/c1-3-13-9-6-7(12)5-8(11)10(9)14-4-2/h5-6H,3-4,12H2,1-2H3. The largest absolute Gasteiger partial charge is 0.490 e. The molecule has 4 heteroatoms. The molecular weight excluding hydrogens is 185 g/mol. The van der Waals surface area contributed by atoms with Gasteiger partial charge in [0.2, 0.25) is 0 Å². The number of rotatable bonds is 4. The molecule has 0 aromatic heterocycles. The van der Waals surface area contributed by atoms with Gasteiger partial charge in [-0.3, -0.25) is 0 Å². The van der Waals surface area contributed by atoms with E-state index in [0.29, 0.717) is 24.7 Å². The lowest BCUT2D eigenvalue weighted by molar-refractivity contribution is 0.276. The van der Waals surface area contributed by atoms with Gasteiger partial charge in [0.25, 0.3) is 0 Å². The molecule has 1 rings (SSSR count). The van der Waals surface area contributed by atoms with Crippen molar-refractivity contribution >= 4 is 5.69 Å². The van der Waals surface area contributed by atoms with Crippen LogP contribution in [0, 0.1) is 5.82 Å². The lowest BCUT2D eigenvalue weighted by Crippen LogP contribution is -2.01. The number of nitrogen functional groups attached to an aromatic ring is 1. The van der Waals surface area contributed by atoms with Crippen molar-refractivity contribution in [2.24, 2.45) is 0 Å². The third kappa shape index (κ3) is 2.28. The Labute approximate surface area is 82.6 Å². The van der Waals surface area contributed by atoms with Gasteiger partial charge in [0, 0.05) is 17.8 Å². The zero-order valence-electron chi connectivity index (χ0n) is 8.34. The van der Waals surface area contributed by atoms with Gasteiger partial charge >= 0.3 is 0 Å². The molecule has 0 radical (unpaired) electrons. The van der Waals surface area contributed by atoms with Crippen molar-refractivity contribution in [3.8, 4) is 11.5 Å². The van der Waals surface area contributed by atoms with Crippen molar-refractivity contribution < 1.29 is 13.9 Å². The first kappa shape index (κ1) is 10.6. The normalized spacial score (nSPS) is 9.93. The van der Waals surface area contributed by atoms with Crippen LogP contribution in [-0.4, -0.2) is 13.2 Å². The highest BCUT2D eigenvalue weighted by Crippen LogP contribution is 2.32. The summed E-state index contributed by atoms with van der Waals surface area (Å²) in [5.74, 6) is -0.00861. The van der Waals surface area contributed by atoms with E-state index in [1.165, 1.54) is 6.07 Å². The Balaban J connectivity index is 3.07. The van der Waals surface area contributed by atoms with Crippen LogP contribution in [0.25, 0.3) is 0 Å². The molecule has 0 atom stereocenters. The van der Waals surface area contributed by atoms with Gasteiger partial charge in [-0.2, -0.15) is 0 Å². The average molecular weight is 199 g/mol. The topological polar surface area (TPSA) is 44.5 Å². The van der Waals surface area contributed by atoms with E-state index in [2.05, 4.69) is 0 Å². The van der Waals surface area contributed by atoms with Crippen molar-refractivity contribution in [2.45, 2.75) is 13.8 Å². The van der Waals surface area contributed by atoms with E-state index in [0.717, 1.165) is 0 Å². The average Bonchev–Trinajstić information content (AvgIpc) is 2.11. The van der Waals surface area contributed by atoms with Crippen LogP contribution in [0.1, 0.15) is 13.8 Å². The Kier molecular flexibility index (Phi) is 3.56. The number of ether oxygens (including phenoxy) is 2. The molecule has 0 saturated carbocycles. The molecule has 0 spiro atoms. The van der Waals surface area contributed by atoms with Crippen LogP contribution < -0.4 is 15.2 Å².